The van der Waals surface area contributed by atoms with E-state index in [0.29, 0.717) is 17.6 Å². The summed E-state index contributed by atoms with van der Waals surface area (Å²) < 4.78 is 63.6. The van der Waals surface area contributed by atoms with Gasteiger partial charge in [0, 0.05) is 7.11 Å². The Morgan fingerprint density at radius 2 is 2.09 bits per heavy atom. The van der Waals surface area contributed by atoms with Crippen molar-refractivity contribution in [1.82, 2.24) is 15.2 Å². The van der Waals surface area contributed by atoms with E-state index in [2.05, 4.69) is 20.5 Å². The summed E-state index contributed by atoms with van der Waals surface area (Å²) in [6.45, 7) is -0.266. The van der Waals surface area contributed by atoms with Gasteiger partial charge in [0.15, 0.2) is 11.5 Å². The molecule has 10 nitrogen and oxygen atoms in total. The Bertz CT molecular complexity index is 1250. The predicted octanol–water partition coefficient (Wildman–Crippen LogP) is 3.13. The van der Waals surface area contributed by atoms with Crippen molar-refractivity contribution < 1.29 is 31.5 Å². The number of aromatic amines is 1. The zero-order chi connectivity index (χ0) is 24.0. The molecule has 178 valence electrons. The van der Waals surface area contributed by atoms with Gasteiger partial charge in [0.25, 0.3) is 5.91 Å². The molecule has 0 aliphatic heterocycles. The Kier molecular flexibility index (Phi) is 8.00. The summed E-state index contributed by atoms with van der Waals surface area (Å²) in [7, 11) is -2.49. The van der Waals surface area contributed by atoms with Crippen LogP contribution in [0.15, 0.2) is 24.4 Å². The van der Waals surface area contributed by atoms with E-state index in [0.717, 1.165) is 6.07 Å². The van der Waals surface area contributed by atoms with Gasteiger partial charge in [0.1, 0.15) is 6.61 Å². The number of anilines is 2. The number of nitrogens with zero attached hydrogens (tertiary/aromatic N) is 2. The number of ether oxygens (including phenoxy) is 2. The van der Waals surface area contributed by atoms with Gasteiger partial charge in [-0.05, 0) is 24.6 Å². The molecule has 2 heterocycles. The number of hydrogen-bond donors (Lipinski definition) is 3. The molecule has 1 aromatic carbocycles. The second-order valence-corrected chi connectivity index (χ2v) is 8.94. The first kappa shape index (κ1) is 24.6. The van der Waals surface area contributed by atoms with Crippen molar-refractivity contribution in [1.29, 1.82) is 0 Å². The van der Waals surface area contributed by atoms with Crippen molar-refractivity contribution in [2.24, 2.45) is 0 Å². The molecule has 2 aromatic heterocycles. The average molecular weight is 504 g/mol. The third kappa shape index (κ3) is 6.06. The highest BCUT2D eigenvalue weighted by Crippen LogP contribution is 2.29. The maximum atomic E-state index is 15.0. The number of hydrogen-bond acceptors (Lipinski definition) is 7. The van der Waals surface area contributed by atoms with Crippen molar-refractivity contribution in [2.75, 3.05) is 42.8 Å². The fraction of sp³-hybridized carbons (Fsp3) is 0.316. The second-order valence-electron chi connectivity index (χ2n) is 6.69. The molecule has 1 amide bonds. The molecular formula is C19H20ClF2N5O5S. The number of halogens is 3. The standard InChI is InChI=1S/C19H20ClF2N5O5S/c1-31-6-7-32-19-12-9-11(10-23-17(12)25-26-19)24-18(28)15-13(20)3-4-14(16(15)22)27-33(29,30)8-2-5-21/h3-4,9-10,27H,2,5-8H2,1H3,(H,24,28)(H,23,25,26). The lowest BCUT2D eigenvalue weighted by Gasteiger charge is -2.13. The van der Waals surface area contributed by atoms with E-state index >= 15 is 0 Å². The van der Waals surface area contributed by atoms with Crippen molar-refractivity contribution in [3.8, 4) is 5.88 Å². The molecule has 0 saturated heterocycles. The molecule has 0 saturated carbocycles. The number of nitrogens with one attached hydrogen (secondary N) is 3. The van der Waals surface area contributed by atoms with Crippen LogP contribution in [0.2, 0.25) is 5.02 Å². The van der Waals surface area contributed by atoms with Gasteiger partial charge in [-0.2, -0.15) is 0 Å². The van der Waals surface area contributed by atoms with E-state index in [4.69, 9.17) is 21.1 Å². The third-order valence-electron chi connectivity index (χ3n) is 4.30. The Morgan fingerprint density at radius 3 is 2.82 bits per heavy atom. The summed E-state index contributed by atoms with van der Waals surface area (Å²) in [5.74, 6) is -2.42. The number of H-pyrrole nitrogens is 1. The number of carbonyl (C=O) groups excluding carboxylic acids is 1. The number of alkyl halides is 1. The van der Waals surface area contributed by atoms with E-state index in [1.165, 1.54) is 25.4 Å². The number of fused-ring (bicyclic) bond motifs is 1. The van der Waals surface area contributed by atoms with Gasteiger partial charge >= 0.3 is 0 Å². The van der Waals surface area contributed by atoms with Crippen molar-refractivity contribution in [2.45, 2.75) is 6.42 Å². The molecule has 0 aliphatic carbocycles. The Labute approximate surface area is 192 Å². The summed E-state index contributed by atoms with van der Waals surface area (Å²) in [6, 6.07) is 3.76. The Hall–Kier alpha value is -3.03. The molecule has 14 heteroatoms. The summed E-state index contributed by atoms with van der Waals surface area (Å²) in [5.41, 5.74) is -0.476. The molecule has 3 N–H and O–H groups in total. The smallest absolute Gasteiger partial charge is 0.260 e. The SMILES string of the molecule is COCCOc1n[nH]c2ncc(NC(=O)c3c(Cl)ccc(NS(=O)(=O)CCCF)c3F)cc12. The summed E-state index contributed by atoms with van der Waals surface area (Å²) in [6.07, 6.45) is 1.06. The molecule has 0 spiro atoms. The van der Waals surface area contributed by atoms with Crippen LogP contribution in [0.25, 0.3) is 11.0 Å². The number of amides is 1. The van der Waals surface area contributed by atoms with Gasteiger partial charge in [-0.15, -0.1) is 5.10 Å². The first-order chi connectivity index (χ1) is 15.8. The van der Waals surface area contributed by atoms with Crippen LogP contribution in [0.4, 0.5) is 20.2 Å². The number of aromatic nitrogens is 3. The van der Waals surface area contributed by atoms with Gasteiger partial charge in [-0.1, -0.05) is 11.6 Å². The molecular weight excluding hydrogens is 484 g/mol. The molecule has 0 bridgehead atoms. The van der Waals surface area contributed by atoms with Crippen LogP contribution < -0.4 is 14.8 Å². The van der Waals surface area contributed by atoms with Crippen LogP contribution in [0.3, 0.4) is 0 Å². The number of pyridine rings is 1. The van der Waals surface area contributed by atoms with E-state index < -0.39 is 45.4 Å². The average Bonchev–Trinajstić information content (AvgIpc) is 3.17. The number of rotatable bonds is 11. The highest BCUT2D eigenvalue weighted by atomic mass is 35.5. The second kappa shape index (κ2) is 10.7. The van der Waals surface area contributed by atoms with Crippen molar-refractivity contribution in [3.63, 3.8) is 0 Å². The zero-order valence-corrected chi connectivity index (χ0v) is 18.9. The molecule has 0 radical (unpaired) electrons. The van der Waals surface area contributed by atoms with Crippen molar-refractivity contribution in [3.05, 3.63) is 40.8 Å². The highest BCUT2D eigenvalue weighted by Gasteiger charge is 2.22. The molecule has 0 atom stereocenters. The lowest BCUT2D eigenvalue weighted by molar-refractivity contribution is 0.102. The summed E-state index contributed by atoms with van der Waals surface area (Å²) in [4.78, 5) is 16.9. The Morgan fingerprint density at radius 1 is 1.30 bits per heavy atom. The van der Waals surface area contributed by atoms with E-state index in [9.17, 15) is 22.0 Å². The largest absolute Gasteiger partial charge is 0.474 e. The van der Waals surface area contributed by atoms with E-state index in [1.807, 2.05) is 4.72 Å². The number of sulfonamides is 1. The summed E-state index contributed by atoms with van der Waals surface area (Å²) in [5, 5.41) is 9.36. The van der Waals surface area contributed by atoms with Crippen LogP contribution in [0, 0.1) is 5.82 Å². The van der Waals surface area contributed by atoms with Gasteiger partial charge in [-0.3, -0.25) is 19.0 Å². The van der Waals surface area contributed by atoms with Crippen LogP contribution >= 0.6 is 11.6 Å². The number of methoxy groups -OCH3 is 1. The fourth-order valence-corrected chi connectivity index (χ4v) is 4.09. The first-order valence-corrected chi connectivity index (χ1v) is 11.6. The third-order valence-corrected chi connectivity index (χ3v) is 5.97. The molecule has 0 unspecified atom stereocenters. The fourth-order valence-electron chi connectivity index (χ4n) is 2.78. The quantitative estimate of drug-likeness (QED) is 0.342. The van der Waals surface area contributed by atoms with Gasteiger partial charge in [0.2, 0.25) is 15.9 Å². The maximum absolute atomic E-state index is 15.0. The molecule has 3 aromatic rings. The first-order valence-electron chi connectivity index (χ1n) is 9.57. The predicted molar refractivity (Wildman–Crippen MR) is 119 cm³/mol. The van der Waals surface area contributed by atoms with Gasteiger partial charge in [-0.25, -0.2) is 17.8 Å². The van der Waals surface area contributed by atoms with E-state index in [1.54, 1.807) is 0 Å². The van der Waals surface area contributed by atoms with E-state index in [-0.39, 0.29) is 29.6 Å². The van der Waals surface area contributed by atoms with Crippen LogP contribution in [-0.2, 0) is 14.8 Å². The zero-order valence-electron chi connectivity index (χ0n) is 17.3. The summed E-state index contributed by atoms with van der Waals surface area (Å²) >= 11 is 6.00. The minimum Gasteiger partial charge on any atom is -0.474 e. The number of benzene rings is 1. The lowest BCUT2D eigenvalue weighted by atomic mass is 10.1. The normalized spacial score (nSPS) is 11.5. The molecule has 0 fully saturated rings. The highest BCUT2D eigenvalue weighted by molar-refractivity contribution is 7.92. The maximum Gasteiger partial charge on any atom is 0.260 e. The minimum atomic E-state index is -4.01. The molecule has 3 rings (SSSR count). The molecule has 33 heavy (non-hydrogen) atoms. The van der Waals surface area contributed by atoms with Gasteiger partial charge in [0.05, 0.1) is 52.6 Å². The number of carbonyl (C=O) groups is 1. The topological polar surface area (TPSA) is 135 Å². The van der Waals surface area contributed by atoms with Crippen LogP contribution in [-0.4, -0.2) is 62.3 Å². The van der Waals surface area contributed by atoms with Crippen molar-refractivity contribution >= 4 is 49.9 Å². The minimum absolute atomic E-state index is 0.190. The van der Waals surface area contributed by atoms with Crippen LogP contribution in [0.1, 0.15) is 16.8 Å². The molecule has 0 aliphatic rings. The van der Waals surface area contributed by atoms with Crippen LogP contribution in [0.5, 0.6) is 5.88 Å². The van der Waals surface area contributed by atoms with Gasteiger partial charge < -0.3 is 14.8 Å². The lowest BCUT2D eigenvalue weighted by Crippen LogP contribution is -2.20. The monoisotopic (exact) mass is 503 g/mol. The Balaban J connectivity index is 1.84.